The van der Waals surface area contributed by atoms with Crippen LogP contribution in [0.15, 0.2) is 57.7 Å². The van der Waals surface area contributed by atoms with Gasteiger partial charge in [0.15, 0.2) is 17.0 Å². The van der Waals surface area contributed by atoms with Gasteiger partial charge in [0.25, 0.3) is 5.56 Å². The van der Waals surface area contributed by atoms with Gasteiger partial charge in [0.05, 0.1) is 5.39 Å². The Bertz CT molecular complexity index is 1660. The summed E-state index contributed by atoms with van der Waals surface area (Å²) in [5, 5.41) is 18.6. The summed E-state index contributed by atoms with van der Waals surface area (Å²) in [5.41, 5.74) is -3.92. The van der Waals surface area contributed by atoms with Crippen LogP contribution in [0, 0.1) is 5.41 Å². The van der Waals surface area contributed by atoms with Crippen LogP contribution in [-0.2, 0) is 25.6 Å². The van der Waals surface area contributed by atoms with Crippen molar-refractivity contribution in [3.05, 3.63) is 64.6 Å². The summed E-state index contributed by atoms with van der Waals surface area (Å²) >= 11 is 0. The molecule has 0 fully saturated rings. The molecule has 2 aromatic carbocycles. The second-order valence-corrected chi connectivity index (χ2v) is 11.9. The number of carbonyl (C=O) groups excluding carboxylic acids is 3. The van der Waals surface area contributed by atoms with Crippen molar-refractivity contribution >= 4 is 39.6 Å². The van der Waals surface area contributed by atoms with Crippen LogP contribution in [0.1, 0.15) is 64.9 Å². The van der Waals surface area contributed by atoms with E-state index in [1.54, 1.807) is 65.8 Å². The molecule has 2 heterocycles. The highest BCUT2D eigenvalue weighted by Gasteiger charge is 2.53. The lowest BCUT2D eigenvalue weighted by molar-refractivity contribution is -0.186. The fourth-order valence-electron chi connectivity index (χ4n) is 4.27. The molecule has 0 saturated heterocycles. The number of rotatable bonds is 8. The van der Waals surface area contributed by atoms with Gasteiger partial charge in [-0.05, 0) is 84.4 Å². The van der Waals surface area contributed by atoms with Crippen LogP contribution in [0.4, 0.5) is 0 Å². The number of hydrogen-bond donors (Lipinski definition) is 1. The summed E-state index contributed by atoms with van der Waals surface area (Å²) in [4.78, 5) is 54.5. The van der Waals surface area contributed by atoms with Crippen molar-refractivity contribution in [2.45, 2.75) is 72.1 Å². The number of carbonyl (C=O) groups is 3. The Balaban J connectivity index is 1.79. The highest BCUT2D eigenvalue weighted by Crippen LogP contribution is 2.37. The summed E-state index contributed by atoms with van der Waals surface area (Å²) in [6.07, 6.45) is -1.02. The average Bonchev–Trinajstić information content (AvgIpc) is 3.29. The van der Waals surface area contributed by atoms with Crippen molar-refractivity contribution < 1.29 is 33.4 Å². The Morgan fingerprint density at radius 1 is 0.927 bits per heavy atom. The van der Waals surface area contributed by atoms with E-state index in [2.05, 4.69) is 10.3 Å². The SMILES string of the molecule is CC(C)(C)OC(=O)C(CCn1nnc2ccccc2c1=O)(CC(=O)c1cc2cc(O)ccc2o1)C(=O)OC(C)(C)C. The zero-order valence-corrected chi connectivity index (χ0v) is 23.9. The summed E-state index contributed by atoms with van der Waals surface area (Å²) in [7, 11) is 0. The first-order valence-electron chi connectivity index (χ1n) is 13.1. The van der Waals surface area contributed by atoms with E-state index in [1.807, 2.05) is 0 Å². The fourth-order valence-corrected chi connectivity index (χ4v) is 4.27. The molecule has 0 aliphatic rings. The van der Waals surface area contributed by atoms with Crippen molar-refractivity contribution in [3.63, 3.8) is 0 Å². The third-order valence-corrected chi connectivity index (χ3v) is 6.20. The first kappa shape index (κ1) is 29.4. The number of esters is 2. The molecule has 0 saturated carbocycles. The van der Waals surface area contributed by atoms with E-state index in [4.69, 9.17) is 13.9 Å². The molecule has 0 aliphatic heterocycles. The molecule has 0 radical (unpaired) electrons. The number of nitrogens with zero attached hydrogens (tertiary/aromatic N) is 3. The molecule has 0 bridgehead atoms. The fraction of sp³-hybridized carbons (Fsp3) is 0.400. The molecule has 4 aromatic rings. The summed E-state index contributed by atoms with van der Waals surface area (Å²) in [6, 6.07) is 12.4. The largest absolute Gasteiger partial charge is 0.508 e. The monoisotopic (exact) mass is 563 g/mol. The third-order valence-electron chi connectivity index (χ3n) is 6.20. The van der Waals surface area contributed by atoms with Gasteiger partial charge in [-0.2, -0.15) is 0 Å². The number of ether oxygens (including phenoxy) is 2. The first-order chi connectivity index (χ1) is 19.1. The zero-order valence-electron chi connectivity index (χ0n) is 23.9. The molecule has 11 nitrogen and oxygen atoms in total. The molecule has 41 heavy (non-hydrogen) atoms. The molecule has 0 unspecified atom stereocenters. The predicted octanol–water partition coefficient (Wildman–Crippen LogP) is 4.58. The van der Waals surface area contributed by atoms with Crippen LogP contribution in [0.3, 0.4) is 0 Å². The van der Waals surface area contributed by atoms with E-state index in [9.17, 15) is 24.3 Å². The van der Waals surface area contributed by atoms with Gasteiger partial charge in [-0.25, -0.2) is 4.68 Å². The standard InChI is InChI=1S/C30H33N3O8/c1-28(2,3)40-26(37)30(27(38)41-29(4,5)6,13-14-33-25(36)20-9-7-8-10-21(20)31-32-33)17-22(35)24-16-18-15-19(34)11-12-23(18)39-24/h7-12,15-16,34H,13-14,17H2,1-6H3. The van der Waals surface area contributed by atoms with Crippen LogP contribution in [-0.4, -0.2) is 49.0 Å². The minimum absolute atomic E-state index is 0.0175. The number of furan rings is 1. The maximum absolute atomic E-state index is 13.8. The van der Waals surface area contributed by atoms with Crippen LogP contribution >= 0.6 is 0 Å². The number of ketones is 1. The number of benzene rings is 2. The Morgan fingerprint density at radius 3 is 2.20 bits per heavy atom. The highest BCUT2D eigenvalue weighted by atomic mass is 16.6. The third kappa shape index (κ3) is 6.62. The van der Waals surface area contributed by atoms with E-state index >= 15 is 0 Å². The second kappa shape index (κ2) is 10.8. The van der Waals surface area contributed by atoms with Crippen molar-refractivity contribution in [1.29, 1.82) is 0 Å². The van der Waals surface area contributed by atoms with E-state index in [-0.39, 0.29) is 24.5 Å². The Hall–Kier alpha value is -4.54. The zero-order chi connectivity index (χ0) is 30.2. The van der Waals surface area contributed by atoms with Gasteiger partial charge in [-0.1, -0.05) is 17.3 Å². The number of aryl methyl sites for hydroxylation is 1. The smallest absolute Gasteiger partial charge is 0.324 e. The second-order valence-electron chi connectivity index (χ2n) is 11.9. The molecule has 11 heteroatoms. The molecule has 2 aromatic heterocycles. The predicted molar refractivity (Wildman–Crippen MR) is 149 cm³/mol. The lowest BCUT2D eigenvalue weighted by Crippen LogP contribution is -2.49. The van der Waals surface area contributed by atoms with Gasteiger partial charge in [0.2, 0.25) is 0 Å². The minimum Gasteiger partial charge on any atom is -0.508 e. The van der Waals surface area contributed by atoms with Crippen molar-refractivity contribution in [2.24, 2.45) is 5.41 Å². The van der Waals surface area contributed by atoms with Gasteiger partial charge in [-0.15, -0.1) is 5.10 Å². The van der Waals surface area contributed by atoms with Crippen LogP contribution in [0.2, 0.25) is 0 Å². The Labute approximate surface area is 236 Å². The summed E-state index contributed by atoms with van der Waals surface area (Å²) in [6.45, 7) is 9.58. The van der Waals surface area contributed by atoms with E-state index in [1.165, 1.54) is 24.3 Å². The lowest BCUT2D eigenvalue weighted by atomic mass is 9.78. The van der Waals surface area contributed by atoms with E-state index < -0.39 is 46.3 Å². The average molecular weight is 564 g/mol. The van der Waals surface area contributed by atoms with Crippen molar-refractivity contribution in [1.82, 2.24) is 15.0 Å². The maximum atomic E-state index is 13.8. The molecule has 0 spiro atoms. The molecular weight excluding hydrogens is 530 g/mol. The number of phenols is 1. The maximum Gasteiger partial charge on any atom is 0.324 e. The summed E-state index contributed by atoms with van der Waals surface area (Å²) < 4.78 is 18.0. The van der Waals surface area contributed by atoms with Gasteiger partial charge in [0, 0.05) is 18.4 Å². The van der Waals surface area contributed by atoms with Gasteiger partial charge >= 0.3 is 11.9 Å². The van der Waals surface area contributed by atoms with Gasteiger partial charge in [-0.3, -0.25) is 19.2 Å². The number of hydrogen-bond acceptors (Lipinski definition) is 10. The van der Waals surface area contributed by atoms with Crippen molar-refractivity contribution in [2.75, 3.05) is 0 Å². The molecule has 0 atom stereocenters. The number of aromatic hydroxyl groups is 1. The van der Waals surface area contributed by atoms with Crippen LogP contribution in [0.5, 0.6) is 5.75 Å². The Kier molecular flexibility index (Phi) is 7.75. The molecule has 0 amide bonds. The van der Waals surface area contributed by atoms with E-state index in [0.29, 0.717) is 21.9 Å². The molecule has 216 valence electrons. The van der Waals surface area contributed by atoms with Crippen molar-refractivity contribution in [3.8, 4) is 5.75 Å². The first-order valence-corrected chi connectivity index (χ1v) is 13.1. The van der Waals surface area contributed by atoms with E-state index in [0.717, 1.165) is 4.68 Å². The van der Waals surface area contributed by atoms with Gasteiger partial charge in [0.1, 0.15) is 28.1 Å². The minimum atomic E-state index is -2.16. The Morgan fingerprint density at radius 2 is 1.56 bits per heavy atom. The molecule has 1 N–H and O–H groups in total. The number of phenolic OH excluding ortho intramolecular Hbond substituents is 1. The van der Waals surface area contributed by atoms with Gasteiger partial charge < -0.3 is 19.0 Å². The number of Topliss-reactive ketones (excluding diaryl/α,β-unsaturated/α-hetero) is 1. The van der Waals surface area contributed by atoms with Crippen LogP contribution < -0.4 is 5.56 Å². The quantitative estimate of drug-likeness (QED) is 0.183. The molecular formula is C30H33N3O8. The molecule has 4 rings (SSSR count). The number of fused-ring (bicyclic) bond motifs is 2. The summed E-state index contributed by atoms with van der Waals surface area (Å²) in [5.74, 6) is -2.78. The molecule has 0 aliphatic carbocycles. The normalized spacial score (nSPS) is 12.4. The number of aromatic nitrogens is 3. The lowest BCUT2D eigenvalue weighted by Gasteiger charge is -2.34. The highest BCUT2D eigenvalue weighted by molar-refractivity contribution is 6.08. The van der Waals surface area contributed by atoms with Crippen LogP contribution in [0.25, 0.3) is 21.9 Å². The topological polar surface area (TPSA) is 151 Å².